The molecule has 0 atom stereocenters. The summed E-state index contributed by atoms with van der Waals surface area (Å²) in [6.45, 7) is 0.545. The van der Waals surface area contributed by atoms with Crippen molar-refractivity contribution in [2.75, 3.05) is 25.3 Å². The Bertz CT molecular complexity index is 878. The maximum Gasteiger partial charge on any atom is 0.127 e. The number of nitrogens with zero attached hydrogens (tertiary/aromatic N) is 1. The van der Waals surface area contributed by atoms with Crippen molar-refractivity contribution in [1.82, 2.24) is 4.98 Å². The molecule has 3 N–H and O–H groups in total. The van der Waals surface area contributed by atoms with Crippen LogP contribution in [0.4, 0.5) is 11.4 Å². The molecule has 0 amide bonds. The molecule has 0 unspecified atom stereocenters. The van der Waals surface area contributed by atoms with Crippen molar-refractivity contribution in [3.05, 3.63) is 53.2 Å². The fourth-order valence-corrected chi connectivity index (χ4v) is 2.73. The highest BCUT2D eigenvalue weighted by molar-refractivity contribution is 6.31. The van der Waals surface area contributed by atoms with Gasteiger partial charge in [-0.15, -0.1) is 0 Å². The van der Waals surface area contributed by atoms with Crippen LogP contribution in [-0.2, 0) is 6.54 Å². The minimum Gasteiger partial charge on any atom is -0.497 e. The molecule has 124 valence electrons. The molecule has 5 nitrogen and oxygen atoms in total. The highest BCUT2D eigenvalue weighted by atomic mass is 35.5. The van der Waals surface area contributed by atoms with E-state index in [-0.39, 0.29) is 0 Å². The molecule has 3 rings (SSSR count). The number of fused-ring (bicyclic) bond motifs is 1. The lowest BCUT2D eigenvalue weighted by molar-refractivity contribution is 0.391. The van der Waals surface area contributed by atoms with Crippen LogP contribution in [0.1, 0.15) is 5.56 Å². The summed E-state index contributed by atoms with van der Waals surface area (Å²) in [5.41, 5.74) is 9.29. The standard InChI is InChI=1S/C18H18ClN3O2/c1-23-13-5-3-11(17(8-13)24-2)9-22-18-14-7-12(19)4-6-16(14)21-10-15(18)20/h3-8,10H,9,20H2,1-2H3,(H,21,22). The van der Waals surface area contributed by atoms with Gasteiger partial charge in [0, 0.05) is 28.6 Å². The molecule has 1 heterocycles. The number of halogens is 1. The summed E-state index contributed by atoms with van der Waals surface area (Å²) in [5.74, 6) is 1.49. The van der Waals surface area contributed by atoms with Crippen molar-refractivity contribution in [2.45, 2.75) is 6.54 Å². The Kier molecular flexibility index (Phi) is 4.62. The minimum atomic E-state index is 0.545. The second-order valence-electron chi connectivity index (χ2n) is 5.28. The van der Waals surface area contributed by atoms with Gasteiger partial charge in [0.05, 0.1) is 37.3 Å². The molecular formula is C18H18ClN3O2. The van der Waals surface area contributed by atoms with Gasteiger partial charge in [0.15, 0.2) is 0 Å². The summed E-state index contributed by atoms with van der Waals surface area (Å²) in [4.78, 5) is 4.33. The molecule has 6 heteroatoms. The molecule has 0 saturated heterocycles. The third kappa shape index (κ3) is 3.16. The van der Waals surface area contributed by atoms with E-state index in [4.69, 9.17) is 26.8 Å². The summed E-state index contributed by atoms with van der Waals surface area (Å²) in [6.07, 6.45) is 1.64. The number of aromatic nitrogens is 1. The molecule has 0 aliphatic carbocycles. The van der Waals surface area contributed by atoms with E-state index < -0.39 is 0 Å². The number of nitrogens with two attached hydrogens (primary N) is 1. The highest BCUT2D eigenvalue weighted by Crippen LogP contribution is 2.31. The van der Waals surface area contributed by atoms with Crippen LogP contribution < -0.4 is 20.5 Å². The predicted molar refractivity (Wildman–Crippen MR) is 98.0 cm³/mol. The molecule has 24 heavy (non-hydrogen) atoms. The Morgan fingerprint density at radius 3 is 2.71 bits per heavy atom. The first-order chi connectivity index (χ1) is 11.6. The van der Waals surface area contributed by atoms with E-state index in [2.05, 4.69) is 10.3 Å². The Labute approximate surface area is 145 Å². The van der Waals surface area contributed by atoms with Gasteiger partial charge in [-0.3, -0.25) is 4.98 Å². The van der Waals surface area contributed by atoms with Crippen LogP contribution >= 0.6 is 11.6 Å². The van der Waals surface area contributed by atoms with Crippen molar-refractivity contribution in [1.29, 1.82) is 0 Å². The molecule has 0 aliphatic rings. The molecule has 0 saturated carbocycles. The lowest BCUT2D eigenvalue weighted by Gasteiger charge is -2.15. The SMILES string of the molecule is COc1ccc(CNc2c(N)cnc3ccc(Cl)cc23)c(OC)c1. The lowest BCUT2D eigenvalue weighted by Crippen LogP contribution is -2.05. The molecule has 3 aromatic rings. The summed E-state index contributed by atoms with van der Waals surface area (Å²) in [6, 6.07) is 11.2. The molecule has 2 aromatic carbocycles. The quantitative estimate of drug-likeness (QED) is 0.730. The zero-order valence-corrected chi connectivity index (χ0v) is 14.2. The normalized spacial score (nSPS) is 10.6. The molecule has 0 bridgehead atoms. The lowest BCUT2D eigenvalue weighted by atomic mass is 10.1. The van der Waals surface area contributed by atoms with Gasteiger partial charge in [0.25, 0.3) is 0 Å². The maximum absolute atomic E-state index is 6.11. The van der Waals surface area contributed by atoms with E-state index >= 15 is 0 Å². The van der Waals surface area contributed by atoms with E-state index in [0.29, 0.717) is 17.3 Å². The van der Waals surface area contributed by atoms with E-state index in [1.807, 2.05) is 36.4 Å². The number of hydrogen-bond acceptors (Lipinski definition) is 5. The summed E-state index contributed by atoms with van der Waals surface area (Å²) >= 11 is 6.11. The second kappa shape index (κ2) is 6.84. The molecule has 0 spiro atoms. The van der Waals surface area contributed by atoms with Crippen LogP contribution in [0.25, 0.3) is 10.9 Å². The summed E-state index contributed by atoms with van der Waals surface area (Å²) in [7, 11) is 3.26. The maximum atomic E-state index is 6.11. The topological polar surface area (TPSA) is 69.4 Å². The third-order valence-corrected chi connectivity index (χ3v) is 4.04. The van der Waals surface area contributed by atoms with Gasteiger partial charge in [-0.05, 0) is 30.3 Å². The second-order valence-corrected chi connectivity index (χ2v) is 5.72. The number of nitrogen functional groups attached to an aromatic ring is 1. The number of ether oxygens (including phenoxy) is 2. The van der Waals surface area contributed by atoms with E-state index in [9.17, 15) is 0 Å². The number of hydrogen-bond donors (Lipinski definition) is 2. The third-order valence-electron chi connectivity index (χ3n) is 3.81. The van der Waals surface area contributed by atoms with Gasteiger partial charge in [-0.25, -0.2) is 0 Å². The first kappa shape index (κ1) is 16.2. The molecule has 1 aromatic heterocycles. The highest BCUT2D eigenvalue weighted by Gasteiger charge is 2.10. The Balaban J connectivity index is 1.94. The number of pyridine rings is 1. The predicted octanol–water partition coefficient (Wildman–Crippen LogP) is 4.10. The van der Waals surface area contributed by atoms with Gasteiger partial charge in [0.1, 0.15) is 11.5 Å². The van der Waals surface area contributed by atoms with Crippen LogP contribution in [0.3, 0.4) is 0 Å². The zero-order valence-electron chi connectivity index (χ0n) is 13.5. The number of methoxy groups -OCH3 is 2. The first-order valence-electron chi connectivity index (χ1n) is 7.41. The number of rotatable bonds is 5. The Morgan fingerprint density at radius 2 is 1.96 bits per heavy atom. The minimum absolute atomic E-state index is 0.545. The smallest absolute Gasteiger partial charge is 0.127 e. The summed E-state index contributed by atoms with van der Waals surface area (Å²) in [5, 5.41) is 4.89. The number of anilines is 2. The number of benzene rings is 2. The van der Waals surface area contributed by atoms with Gasteiger partial charge < -0.3 is 20.5 Å². The number of nitrogens with one attached hydrogen (secondary N) is 1. The van der Waals surface area contributed by atoms with Crippen molar-refractivity contribution in [2.24, 2.45) is 0 Å². The van der Waals surface area contributed by atoms with Crippen LogP contribution in [0.2, 0.25) is 5.02 Å². The van der Waals surface area contributed by atoms with Gasteiger partial charge >= 0.3 is 0 Å². The average molecular weight is 344 g/mol. The van der Waals surface area contributed by atoms with Gasteiger partial charge in [-0.1, -0.05) is 11.6 Å². The zero-order chi connectivity index (χ0) is 17.1. The van der Waals surface area contributed by atoms with E-state index in [0.717, 1.165) is 33.7 Å². The van der Waals surface area contributed by atoms with Crippen LogP contribution in [0.5, 0.6) is 11.5 Å². The molecular weight excluding hydrogens is 326 g/mol. The van der Waals surface area contributed by atoms with Crippen molar-refractivity contribution in [3.63, 3.8) is 0 Å². The Hall–Kier alpha value is -2.66. The van der Waals surface area contributed by atoms with Crippen molar-refractivity contribution in [3.8, 4) is 11.5 Å². The van der Waals surface area contributed by atoms with Crippen molar-refractivity contribution >= 4 is 33.9 Å². The van der Waals surface area contributed by atoms with E-state index in [1.165, 1.54) is 0 Å². The molecule has 0 radical (unpaired) electrons. The van der Waals surface area contributed by atoms with Crippen LogP contribution in [0.15, 0.2) is 42.6 Å². The summed E-state index contributed by atoms with van der Waals surface area (Å²) < 4.78 is 10.6. The van der Waals surface area contributed by atoms with Crippen LogP contribution in [0, 0.1) is 0 Å². The first-order valence-corrected chi connectivity index (χ1v) is 7.78. The van der Waals surface area contributed by atoms with Crippen LogP contribution in [-0.4, -0.2) is 19.2 Å². The fourth-order valence-electron chi connectivity index (χ4n) is 2.56. The van der Waals surface area contributed by atoms with Crippen molar-refractivity contribution < 1.29 is 9.47 Å². The monoisotopic (exact) mass is 343 g/mol. The molecule has 0 aliphatic heterocycles. The fraction of sp³-hybridized carbons (Fsp3) is 0.167. The van der Waals surface area contributed by atoms with E-state index in [1.54, 1.807) is 20.4 Å². The Morgan fingerprint density at radius 1 is 1.12 bits per heavy atom. The largest absolute Gasteiger partial charge is 0.497 e. The van der Waals surface area contributed by atoms with Gasteiger partial charge in [0.2, 0.25) is 0 Å². The van der Waals surface area contributed by atoms with Gasteiger partial charge in [-0.2, -0.15) is 0 Å². The average Bonchev–Trinajstić information content (AvgIpc) is 2.60. The molecule has 0 fully saturated rings.